The molecule has 0 unspecified atom stereocenters. The Labute approximate surface area is 187 Å². The molecule has 1 aliphatic carbocycles. The normalized spacial score (nSPS) is 12.7. The molecule has 10 nitrogen and oxygen atoms in total. The van der Waals surface area contributed by atoms with Crippen LogP contribution in [0.3, 0.4) is 0 Å². The number of anilines is 3. The van der Waals surface area contributed by atoms with Crippen molar-refractivity contribution in [1.82, 2.24) is 24.8 Å². The van der Waals surface area contributed by atoms with Gasteiger partial charge in [-0.1, -0.05) is 0 Å². The van der Waals surface area contributed by atoms with Crippen molar-refractivity contribution in [3.63, 3.8) is 0 Å². The van der Waals surface area contributed by atoms with Crippen LogP contribution >= 0.6 is 0 Å². The molecule has 1 saturated carbocycles. The van der Waals surface area contributed by atoms with E-state index in [4.69, 9.17) is 4.74 Å². The number of nitrogens with one attached hydrogen (secondary N) is 2. The van der Waals surface area contributed by atoms with Crippen molar-refractivity contribution < 1.29 is 23.1 Å². The van der Waals surface area contributed by atoms with E-state index in [1.54, 1.807) is 6.20 Å². The van der Waals surface area contributed by atoms with Crippen molar-refractivity contribution >= 4 is 29.2 Å². The highest BCUT2D eigenvalue weighted by Crippen LogP contribution is 2.40. The number of nitrogens with zero attached hydrogens (tertiary/aromatic N) is 5. The molecule has 33 heavy (non-hydrogen) atoms. The maximum absolute atomic E-state index is 14.3. The summed E-state index contributed by atoms with van der Waals surface area (Å²) in [5.74, 6) is -2.67. The van der Waals surface area contributed by atoms with Crippen molar-refractivity contribution in [2.75, 3.05) is 24.7 Å². The highest BCUT2D eigenvalue weighted by atomic mass is 19.1. The second-order valence-electron chi connectivity index (χ2n) is 7.50. The van der Waals surface area contributed by atoms with Gasteiger partial charge in [0.1, 0.15) is 18.0 Å². The molecule has 2 N–H and O–H groups in total. The number of amides is 2. The number of rotatable bonds is 6. The molecule has 1 aromatic carbocycles. The smallest absolute Gasteiger partial charge is 0.387 e. The molecular weight excluding hydrogens is 436 g/mol. The van der Waals surface area contributed by atoms with Crippen LogP contribution in [0.25, 0.3) is 0 Å². The second kappa shape index (κ2) is 9.10. The van der Waals surface area contributed by atoms with E-state index in [0.717, 1.165) is 23.8 Å². The Morgan fingerprint density at radius 3 is 2.52 bits per heavy atom. The Bertz CT molecular complexity index is 1200. The fourth-order valence-corrected chi connectivity index (χ4v) is 2.95. The Balaban J connectivity index is 1.61. The number of hydrogen-bond donors (Lipinski definition) is 2. The topological polar surface area (TPSA) is 122 Å². The zero-order valence-corrected chi connectivity index (χ0v) is 17.7. The third-order valence-electron chi connectivity index (χ3n) is 4.68. The summed E-state index contributed by atoms with van der Waals surface area (Å²) < 4.78 is 33.5. The SMILES string of the molecule is CN(C)C(=O)c1c(F)cc(F)cc1NC(=O)Oc1nc(C2CC2)cnc1Nc1cncnc1. The van der Waals surface area contributed by atoms with Gasteiger partial charge in [-0.2, -0.15) is 0 Å². The summed E-state index contributed by atoms with van der Waals surface area (Å²) in [5, 5.41) is 5.13. The summed E-state index contributed by atoms with van der Waals surface area (Å²) >= 11 is 0. The van der Waals surface area contributed by atoms with Crippen LogP contribution in [0, 0.1) is 11.6 Å². The number of carbonyl (C=O) groups is 2. The largest absolute Gasteiger partial charge is 0.418 e. The summed E-state index contributed by atoms with van der Waals surface area (Å²) in [6, 6.07) is 1.38. The summed E-state index contributed by atoms with van der Waals surface area (Å²) in [6.07, 6.45) is 6.68. The first-order valence-electron chi connectivity index (χ1n) is 9.90. The van der Waals surface area contributed by atoms with Gasteiger partial charge < -0.3 is 15.0 Å². The lowest BCUT2D eigenvalue weighted by molar-refractivity contribution is 0.0824. The molecule has 1 fully saturated rings. The van der Waals surface area contributed by atoms with Gasteiger partial charge in [0.2, 0.25) is 0 Å². The maximum atomic E-state index is 14.3. The third kappa shape index (κ3) is 5.17. The number of carbonyl (C=O) groups excluding carboxylic acids is 2. The molecule has 0 aliphatic heterocycles. The number of hydrogen-bond acceptors (Lipinski definition) is 8. The van der Waals surface area contributed by atoms with Crippen LogP contribution in [0.2, 0.25) is 0 Å². The van der Waals surface area contributed by atoms with Crippen molar-refractivity contribution in [3.8, 4) is 5.88 Å². The lowest BCUT2D eigenvalue weighted by Crippen LogP contribution is -2.26. The lowest BCUT2D eigenvalue weighted by atomic mass is 10.1. The third-order valence-corrected chi connectivity index (χ3v) is 4.68. The molecule has 2 amide bonds. The van der Waals surface area contributed by atoms with Crippen molar-refractivity contribution in [1.29, 1.82) is 0 Å². The van der Waals surface area contributed by atoms with Gasteiger partial charge in [-0.05, 0) is 18.9 Å². The van der Waals surface area contributed by atoms with Gasteiger partial charge in [0.25, 0.3) is 11.8 Å². The lowest BCUT2D eigenvalue weighted by Gasteiger charge is -2.16. The van der Waals surface area contributed by atoms with Gasteiger partial charge in [-0.15, -0.1) is 0 Å². The molecule has 0 atom stereocenters. The summed E-state index contributed by atoms with van der Waals surface area (Å²) in [7, 11) is 2.80. The second-order valence-corrected chi connectivity index (χ2v) is 7.50. The van der Waals surface area contributed by atoms with Crippen molar-refractivity contribution in [3.05, 3.63) is 59.9 Å². The molecule has 3 aromatic rings. The van der Waals surface area contributed by atoms with E-state index < -0.39 is 29.2 Å². The average molecular weight is 455 g/mol. The Morgan fingerprint density at radius 1 is 1.12 bits per heavy atom. The molecule has 12 heteroatoms. The van der Waals surface area contributed by atoms with Gasteiger partial charge in [-0.3, -0.25) is 10.1 Å². The first kappa shape index (κ1) is 22.0. The van der Waals surface area contributed by atoms with Gasteiger partial charge in [0.05, 0.1) is 41.2 Å². The summed E-state index contributed by atoms with van der Waals surface area (Å²) in [4.78, 5) is 42.5. The zero-order valence-electron chi connectivity index (χ0n) is 17.7. The Morgan fingerprint density at radius 2 is 1.85 bits per heavy atom. The zero-order chi connectivity index (χ0) is 23.5. The van der Waals surface area contributed by atoms with Gasteiger partial charge >= 0.3 is 6.09 Å². The van der Waals surface area contributed by atoms with Gasteiger partial charge in [0, 0.05) is 26.1 Å². The van der Waals surface area contributed by atoms with E-state index in [0.29, 0.717) is 17.4 Å². The van der Waals surface area contributed by atoms with Crippen LogP contribution in [0.1, 0.15) is 34.8 Å². The molecule has 0 radical (unpaired) electrons. The number of aromatic nitrogens is 4. The minimum absolute atomic E-state index is 0.111. The molecule has 0 bridgehead atoms. The summed E-state index contributed by atoms with van der Waals surface area (Å²) in [5.41, 5.74) is 0.236. The number of halogens is 2. The minimum atomic E-state index is -1.12. The predicted molar refractivity (Wildman–Crippen MR) is 113 cm³/mol. The maximum Gasteiger partial charge on any atom is 0.418 e. The van der Waals surface area contributed by atoms with Gasteiger partial charge in [0.15, 0.2) is 5.82 Å². The fraction of sp³-hybridized carbons (Fsp3) is 0.238. The Kier molecular flexibility index (Phi) is 6.07. The monoisotopic (exact) mass is 455 g/mol. The molecule has 0 spiro atoms. The van der Waals surface area contributed by atoms with E-state index in [1.165, 1.54) is 32.8 Å². The van der Waals surface area contributed by atoms with Crippen LogP contribution in [0.15, 0.2) is 37.1 Å². The first-order valence-corrected chi connectivity index (χ1v) is 9.90. The number of benzene rings is 1. The molecule has 170 valence electrons. The quantitative estimate of drug-likeness (QED) is 0.579. The van der Waals surface area contributed by atoms with Crippen LogP contribution < -0.4 is 15.4 Å². The van der Waals surface area contributed by atoms with E-state index in [2.05, 4.69) is 30.6 Å². The predicted octanol–water partition coefficient (Wildman–Crippen LogP) is 3.48. The van der Waals surface area contributed by atoms with Crippen molar-refractivity contribution in [2.45, 2.75) is 18.8 Å². The minimum Gasteiger partial charge on any atom is -0.387 e. The highest BCUT2D eigenvalue weighted by molar-refractivity contribution is 6.03. The van der Waals surface area contributed by atoms with E-state index >= 15 is 0 Å². The first-order chi connectivity index (χ1) is 15.8. The van der Waals surface area contributed by atoms with Gasteiger partial charge in [-0.25, -0.2) is 33.5 Å². The highest BCUT2D eigenvalue weighted by Gasteiger charge is 2.28. The summed E-state index contributed by atoms with van der Waals surface area (Å²) in [6.45, 7) is 0. The molecule has 4 rings (SSSR count). The average Bonchev–Trinajstić information content (AvgIpc) is 3.60. The fourth-order valence-electron chi connectivity index (χ4n) is 2.95. The van der Waals surface area contributed by atoms with Crippen molar-refractivity contribution in [2.24, 2.45) is 0 Å². The van der Waals surface area contributed by atoms with E-state index in [-0.39, 0.29) is 23.3 Å². The van der Waals surface area contributed by atoms with Crippen LogP contribution in [0.4, 0.5) is 30.8 Å². The number of ether oxygens (including phenoxy) is 1. The Hall–Kier alpha value is -4.22. The standard InChI is InChI=1S/C21H19F2N7O3/c1-30(2)20(31)17-14(23)5-12(22)6-15(17)29-21(32)33-19-18(27-13-7-24-10-25-8-13)26-9-16(28-19)11-3-4-11/h5-11H,3-4H2,1-2H3,(H,26,27)(H,29,32). The van der Waals surface area contributed by atoms with Crippen LogP contribution in [0.5, 0.6) is 5.88 Å². The van der Waals surface area contributed by atoms with Crippen LogP contribution in [-0.4, -0.2) is 50.9 Å². The molecular formula is C21H19F2N7O3. The van der Waals surface area contributed by atoms with E-state index in [1.807, 2.05) is 0 Å². The molecule has 0 saturated heterocycles. The molecule has 2 aromatic heterocycles. The van der Waals surface area contributed by atoms with E-state index in [9.17, 15) is 18.4 Å². The molecule has 1 aliphatic rings. The van der Waals surface area contributed by atoms with Crippen LogP contribution in [-0.2, 0) is 0 Å². The molecule has 2 heterocycles.